The largest absolute Gasteiger partial charge is 0.444 e. The summed E-state index contributed by atoms with van der Waals surface area (Å²) in [6.45, 7) is 22.1. The minimum atomic E-state index is -4.49. The third-order valence-corrected chi connectivity index (χ3v) is 15.3. The number of sulfonamides is 1. The fourth-order valence-corrected chi connectivity index (χ4v) is 10.8. The Balaban J connectivity index is 2.28. The summed E-state index contributed by atoms with van der Waals surface area (Å²) >= 11 is 0. The maximum absolute atomic E-state index is 14.4. The number of nitrogens with zero attached hydrogens (tertiary/aromatic N) is 3. The number of benzene rings is 1. The molecule has 1 aliphatic heterocycles. The third kappa shape index (κ3) is 20.6. The highest BCUT2D eigenvalue weighted by atomic mass is 32.2. The lowest BCUT2D eigenvalue weighted by Gasteiger charge is -2.41. The van der Waals surface area contributed by atoms with Crippen molar-refractivity contribution in [1.29, 1.82) is 0 Å². The third-order valence-electron chi connectivity index (χ3n) is 13.9. The fourth-order valence-electron chi connectivity index (χ4n) is 9.70. The number of alkyl carbamates (subject to hydrolysis) is 1. The SMILES string of the molecule is CC[C@H](C)[C@@H]([C@@H](CC(=O)N1CCC[C@H]1[C@H](OC)[C@@H](C)C(=O)NS(=O)(=O)c1ccc(NC(=O)[C@H](CCCNC(N)O)NC(=O)[C@@H](NC(=O)OC(C)(C)C)C(C)C)cc1)OC)N(C)C(=O)[C@@H](NC(=O)[C@H](C(C)C)N(C)C)C(C)C. The van der Waals surface area contributed by atoms with Crippen LogP contribution in [0.4, 0.5) is 10.5 Å². The standard InChI is InChI=1S/C53H94N10O13S/c1-18-33(8)44(62(15)50(69)42(31(4)5)58-49(68)43(32(6)7)61(13)14)39(74-16)29-40(64)63-28-20-22-38(63)45(75-17)34(9)46(65)60-77(72,73)36-25-23-35(24-26-36)56-47(66)37(21-19-27-55-51(54)70)57-48(67)41(30(2)3)59-52(71)76-53(10,11)12/h23-26,30-34,37-39,41-45,51,55,70H,18-22,27-29,54H2,1-17H3,(H,56,66)(H,57,67)(H,58,68)(H,59,71)(H,60,65)/t33-,34+,37-,38-,39+,41-,42-,43-,44-,45+,51?/m0/s1. The van der Waals surface area contributed by atoms with Crippen LogP contribution in [-0.2, 0) is 53.0 Å². The molecule has 1 fully saturated rings. The van der Waals surface area contributed by atoms with Crippen LogP contribution in [0, 0.1) is 29.6 Å². The molecule has 2 rings (SSSR count). The highest BCUT2D eigenvalue weighted by Gasteiger charge is 2.44. The summed E-state index contributed by atoms with van der Waals surface area (Å²) in [6, 6.07) is 0.305. The Hall–Kier alpha value is -4.98. The molecule has 1 heterocycles. The predicted molar refractivity (Wildman–Crippen MR) is 293 cm³/mol. The second-order valence-electron chi connectivity index (χ2n) is 22.4. The number of carbonyl (C=O) groups excluding carboxylic acids is 7. The Kier molecular flexibility index (Phi) is 27.4. The molecule has 1 aromatic carbocycles. The molecule has 24 heteroatoms. The molecule has 1 aliphatic rings. The van der Waals surface area contributed by atoms with E-state index in [1.807, 2.05) is 60.5 Å². The summed E-state index contributed by atoms with van der Waals surface area (Å²) in [7, 11) is 3.70. The van der Waals surface area contributed by atoms with Gasteiger partial charge in [0.05, 0.1) is 47.6 Å². The van der Waals surface area contributed by atoms with Crippen molar-refractivity contribution in [2.45, 2.75) is 187 Å². The molecule has 1 aromatic rings. The number of ether oxygens (including phenoxy) is 3. The summed E-state index contributed by atoms with van der Waals surface area (Å²) in [5.74, 6) is -4.93. The van der Waals surface area contributed by atoms with Gasteiger partial charge in [-0.25, -0.2) is 17.9 Å². The van der Waals surface area contributed by atoms with Crippen LogP contribution < -0.4 is 37.0 Å². The number of amides is 7. The Morgan fingerprint density at radius 2 is 1.42 bits per heavy atom. The summed E-state index contributed by atoms with van der Waals surface area (Å²) in [4.78, 5) is 101. The van der Waals surface area contributed by atoms with Crippen LogP contribution in [0.5, 0.6) is 0 Å². The number of methoxy groups -OCH3 is 2. The normalized spacial score (nSPS) is 18.1. The zero-order valence-electron chi connectivity index (χ0n) is 48.7. The van der Waals surface area contributed by atoms with Gasteiger partial charge in [0.15, 0.2) is 6.35 Å². The molecular formula is C53H94N10O13S. The number of aliphatic hydroxyl groups excluding tert-OH is 1. The second kappa shape index (κ2) is 31.0. The number of likely N-dealkylation sites (N-methyl/N-ethyl adjacent to an activating group) is 2. The van der Waals surface area contributed by atoms with Crippen LogP contribution in [0.25, 0.3) is 0 Å². The predicted octanol–water partition coefficient (Wildman–Crippen LogP) is 2.72. The highest BCUT2D eigenvalue weighted by molar-refractivity contribution is 7.90. The number of rotatable bonds is 30. The van der Waals surface area contributed by atoms with E-state index in [0.717, 1.165) is 0 Å². The maximum Gasteiger partial charge on any atom is 0.408 e. The van der Waals surface area contributed by atoms with Crippen molar-refractivity contribution in [3.63, 3.8) is 0 Å². The van der Waals surface area contributed by atoms with Crippen molar-refractivity contribution in [3.05, 3.63) is 24.3 Å². The van der Waals surface area contributed by atoms with E-state index in [-0.39, 0.29) is 71.9 Å². The molecule has 23 nitrogen and oxygen atoms in total. The molecule has 0 bridgehead atoms. The number of aliphatic hydroxyl groups is 1. The van der Waals surface area contributed by atoms with Gasteiger partial charge in [0.25, 0.3) is 10.0 Å². The second-order valence-corrected chi connectivity index (χ2v) is 24.1. The van der Waals surface area contributed by atoms with Gasteiger partial charge in [-0.15, -0.1) is 0 Å². The van der Waals surface area contributed by atoms with E-state index in [1.165, 1.54) is 45.4 Å². The molecule has 1 unspecified atom stereocenters. The molecule has 77 heavy (non-hydrogen) atoms. The molecule has 0 spiro atoms. The van der Waals surface area contributed by atoms with Gasteiger partial charge in [0.2, 0.25) is 35.4 Å². The van der Waals surface area contributed by atoms with Gasteiger partial charge < -0.3 is 50.4 Å². The Morgan fingerprint density at radius 1 is 0.818 bits per heavy atom. The van der Waals surface area contributed by atoms with Crippen LogP contribution in [0.1, 0.15) is 122 Å². The van der Waals surface area contributed by atoms with Gasteiger partial charge >= 0.3 is 6.09 Å². The quantitative estimate of drug-likeness (QED) is 0.0406. The number of likely N-dealkylation sites (tertiary alicyclic amines) is 1. The average Bonchev–Trinajstić information content (AvgIpc) is 3.81. The lowest BCUT2D eigenvalue weighted by Crippen LogP contribution is -2.59. The number of anilines is 1. The van der Waals surface area contributed by atoms with Crippen molar-refractivity contribution >= 4 is 57.2 Å². The summed E-state index contributed by atoms with van der Waals surface area (Å²) in [5, 5.41) is 23.0. The molecule has 0 radical (unpaired) electrons. The number of hydrogen-bond donors (Lipinski definition) is 8. The molecule has 11 atom stereocenters. The van der Waals surface area contributed by atoms with E-state index in [9.17, 15) is 47.1 Å². The number of nitrogens with one attached hydrogen (secondary N) is 6. The van der Waals surface area contributed by atoms with Crippen molar-refractivity contribution in [1.82, 2.24) is 40.7 Å². The van der Waals surface area contributed by atoms with E-state index in [4.69, 9.17) is 19.9 Å². The van der Waals surface area contributed by atoms with E-state index < -0.39 is 106 Å². The van der Waals surface area contributed by atoms with Crippen LogP contribution in [0.3, 0.4) is 0 Å². The zero-order chi connectivity index (χ0) is 58.9. The van der Waals surface area contributed by atoms with Crippen molar-refractivity contribution < 1.29 is 61.3 Å². The van der Waals surface area contributed by atoms with Crippen molar-refractivity contribution in [2.24, 2.45) is 35.3 Å². The first-order valence-corrected chi connectivity index (χ1v) is 28.2. The smallest absolute Gasteiger partial charge is 0.408 e. The molecule has 1 saturated heterocycles. The maximum atomic E-state index is 14.4. The van der Waals surface area contributed by atoms with E-state index >= 15 is 0 Å². The summed E-state index contributed by atoms with van der Waals surface area (Å²) in [6.07, 6.45) is -1.87. The van der Waals surface area contributed by atoms with Gasteiger partial charge in [-0.2, -0.15) is 0 Å². The fraction of sp³-hybridized carbons (Fsp3) is 0.755. The molecule has 9 N–H and O–H groups in total. The van der Waals surface area contributed by atoms with Crippen molar-refractivity contribution in [2.75, 3.05) is 53.8 Å². The molecule has 0 saturated carbocycles. The number of hydrogen-bond acceptors (Lipinski definition) is 16. The number of nitrogens with two attached hydrogens (primary N) is 1. The van der Waals surface area contributed by atoms with Crippen LogP contribution in [0.15, 0.2) is 29.2 Å². The topological polar surface area (TPSA) is 309 Å². The van der Waals surface area contributed by atoms with Gasteiger partial charge in [-0.1, -0.05) is 68.7 Å². The van der Waals surface area contributed by atoms with E-state index in [0.29, 0.717) is 25.8 Å². The Morgan fingerprint density at radius 3 is 1.91 bits per heavy atom. The molecule has 0 aromatic heterocycles. The van der Waals surface area contributed by atoms with Gasteiger partial charge in [0, 0.05) is 33.5 Å². The first-order valence-electron chi connectivity index (χ1n) is 26.8. The lowest BCUT2D eigenvalue weighted by atomic mass is 9.89. The number of carbonyl (C=O) groups is 7. The lowest BCUT2D eigenvalue weighted by molar-refractivity contribution is -0.148. The molecule has 7 amide bonds. The summed E-state index contributed by atoms with van der Waals surface area (Å²) < 4.78 is 46.7. The molecule has 440 valence electrons. The van der Waals surface area contributed by atoms with Crippen LogP contribution >= 0.6 is 0 Å². The monoisotopic (exact) mass is 1110 g/mol. The Bertz CT molecular complexity index is 2200. The average molecular weight is 1110 g/mol. The van der Waals surface area contributed by atoms with E-state index in [1.54, 1.807) is 51.5 Å². The zero-order valence-corrected chi connectivity index (χ0v) is 49.5. The van der Waals surface area contributed by atoms with Crippen LogP contribution in [0.2, 0.25) is 0 Å². The minimum Gasteiger partial charge on any atom is -0.444 e. The first-order chi connectivity index (χ1) is 35.7. The van der Waals surface area contributed by atoms with Gasteiger partial charge in [0.1, 0.15) is 23.7 Å². The molecular weight excluding hydrogens is 1020 g/mol. The van der Waals surface area contributed by atoms with E-state index in [2.05, 4.69) is 31.3 Å². The van der Waals surface area contributed by atoms with Crippen molar-refractivity contribution in [3.8, 4) is 0 Å². The highest BCUT2D eigenvalue weighted by Crippen LogP contribution is 2.30. The Labute approximate surface area is 458 Å². The first kappa shape index (κ1) is 68.1. The summed E-state index contributed by atoms with van der Waals surface area (Å²) in [5.41, 5.74) is 4.71. The van der Waals surface area contributed by atoms with Crippen LogP contribution in [-0.4, -0.2) is 179 Å². The van der Waals surface area contributed by atoms with Gasteiger partial charge in [-0.3, -0.25) is 44.7 Å². The molecule has 0 aliphatic carbocycles. The van der Waals surface area contributed by atoms with Gasteiger partial charge in [-0.05, 0) is 115 Å². The minimum absolute atomic E-state index is 0.0118.